The number of hydrogen-bond acceptors (Lipinski definition) is 1. The molecule has 13 heavy (non-hydrogen) atoms. The second-order valence-corrected chi connectivity index (χ2v) is 2.78. The highest BCUT2D eigenvalue weighted by Crippen LogP contribution is 2.19. The molecule has 0 unspecified atom stereocenters. The molecule has 0 aliphatic rings. The fourth-order valence-electron chi connectivity index (χ4n) is 1.21. The Morgan fingerprint density at radius 1 is 1.38 bits per heavy atom. The zero-order valence-corrected chi connectivity index (χ0v) is 7.83. The molecule has 1 aromatic rings. The van der Waals surface area contributed by atoms with Crippen molar-refractivity contribution in [3.8, 4) is 0 Å². The minimum Gasteiger partial charge on any atom is -0.512 e. The van der Waals surface area contributed by atoms with E-state index in [0.29, 0.717) is 12.2 Å². The number of allylic oxidation sites excluding steroid dienone is 3. The minimum atomic E-state index is 0.390. The molecule has 1 heteroatoms. The molecule has 0 aliphatic heterocycles. The van der Waals surface area contributed by atoms with Gasteiger partial charge in [-0.3, -0.25) is 0 Å². The number of rotatable bonds is 3. The van der Waals surface area contributed by atoms with Crippen molar-refractivity contribution >= 4 is 5.57 Å². The third kappa shape index (κ3) is 2.22. The lowest BCUT2D eigenvalue weighted by molar-refractivity contribution is 0.398. The maximum atomic E-state index is 9.58. The first kappa shape index (κ1) is 9.59. The van der Waals surface area contributed by atoms with E-state index in [9.17, 15) is 5.11 Å². The lowest BCUT2D eigenvalue weighted by Crippen LogP contribution is -1.87. The van der Waals surface area contributed by atoms with E-state index in [4.69, 9.17) is 0 Å². The van der Waals surface area contributed by atoms with Crippen molar-refractivity contribution < 1.29 is 5.11 Å². The zero-order valence-electron chi connectivity index (χ0n) is 7.83. The van der Waals surface area contributed by atoms with Crippen molar-refractivity contribution in [3.63, 3.8) is 0 Å². The van der Waals surface area contributed by atoms with Crippen LogP contribution in [-0.4, -0.2) is 5.11 Å². The largest absolute Gasteiger partial charge is 0.512 e. The van der Waals surface area contributed by atoms with Crippen molar-refractivity contribution in [2.45, 2.75) is 13.3 Å². The SMILES string of the molecule is C=C/C(=C(/O)CC)c1ccccc1. The van der Waals surface area contributed by atoms with Crippen LogP contribution in [-0.2, 0) is 0 Å². The zero-order chi connectivity index (χ0) is 9.68. The molecular formula is C12H14O. The molecule has 0 aliphatic carbocycles. The van der Waals surface area contributed by atoms with Crippen LogP contribution >= 0.6 is 0 Å². The maximum Gasteiger partial charge on any atom is 0.0997 e. The van der Waals surface area contributed by atoms with Crippen LogP contribution in [0.25, 0.3) is 5.57 Å². The summed E-state index contributed by atoms with van der Waals surface area (Å²) >= 11 is 0. The predicted molar refractivity (Wildman–Crippen MR) is 56.5 cm³/mol. The minimum absolute atomic E-state index is 0.390. The van der Waals surface area contributed by atoms with Gasteiger partial charge in [-0.2, -0.15) is 0 Å². The summed E-state index contributed by atoms with van der Waals surface area (Å²) in [5.41, 5.74) is 1.83. The van der Waals surface area contributed by atoms with E-state index in [1.165, 1.54) is 0 Å². The lowest BCUT2D eigenvalue weighted by Gasteiger charge is -2.04. The van der Waals surface area contributed by atoms with Gasteiger partial charge >= 0.3 is 0 Å². The molecule has 0 spiro atoms. The molecule has 0 aromatic heterocycles. The summed E-state index contributed by atoms with van der Waals surface area (Å²) in [6.45, 7) is 5.61. The van der Waals surface area contributed by atoms with E-state index >= 15 is 0 Å². The van der Waals surface area contributed by atoms with Crippen LogP contribution < -0.4 is 0 Å². The van der Waals surface area contributed by atoms with Gasteiger partial charge in [-0.05, 0) is 5.56 Å². The Morgan fingerprint density at radius 2 is 2.00 bits per heavy atom. The van der Waals surface area contributed by atoms with Crippen LogP contribution in [0.5, 0.6) is 0 Å². The molecule has 68 valence electrons. The molecule has 0 saturated carbocycles. The molecule has 0 heterocycles. The molecular weight excluding hydrogens is 160 g/mol. The van der Waals surface area contributed by atoms with Gasteiger partial charge in [0, 0.05) is 12.0 Å². The molecule has 0 fully saturated rings. The molecule has 0 radical (unpaired) electrons. The topological polar surface area (TPSA) is 20.2 Å². The van der Waals surface area contributed by atoms with E-state index < -0.39 is 0 Å². The molecule has 1 nitrogen and oxygen atoms in total. The normalized spacial score (nSPS) is 12.1. The Morgan fingerprint density at radius 3 is 2.46 bits per heavy atom. The molecule has 1 aromatic carbocycles. The highest BCUT2D eigenvalue weighted by atomic mass is 16.3. The molecule has 0 amide bonds. The smallest absolute Gasteiger partial charge is 0.0997 e. The number of hydrogen-bond donors (Lipinski definition) is 1. The Labute approximate surface area is 79.0 Å². The van der Waals surface area contributed by atoms with Gasteiger partial charge in [0.2, 0.25) is 0 Å². The standard InChI is InChI=1S/C12H14O/c1-3-11(12(13)4-2)10-8-6-5-7-9-10/h3,5-9,13H,1,4H2,2H3/b12-11-. The number of benzene rings is 1. The monoisotopic (exact) mass is 174 g/mol. The van der Waals surface area contributed by atoms with E-state index in [2.05, 4.69) is 6.58 Å². The Balaban J connectivity index is 3.12. The summed E-state index contributed by atoms with van der Waals surface area (Å²) in [7, 11) is 0. The van der Waals surface area contributed by atoms with Crippen LogP contribution in [0, 0.1) is 0 Å². The number of aliphatic hydroxyl groups is 1. The average molecular weight is 174 g/mol. The van der Waals surface area contributed by atoms with E-state index in [1.807, 2.05) is 37.3 Å². The fraction of sp³-hybridized carbons (Fsp3) is 0.167. The van der Waals surface area contributed by atoms with Gasteiger partial charge in [-0.15, -0.1) is 0 Å². The first-order valence-corrected chi connectivity index (χ1v) is 4.39. The molecule has 0 bridgehead atoms. The van der Waals surface area contributed by atoms with Gasteiger partial charge in [0.25, 0.3) is 0 Å². The highest BCUT2D eigenvalue weighted by Gasteiger charge is 2.01. The van der Waals surface area contributed by atoms with Crippen LogP contribution in [0.15, 0.2) is 48.7 Å². The summed E-state index contributed by atoms with van der Waals surface area (Å²) in [5, 5.41) is 9.58. The van der Waals surface area contributed by atoms with Crippen molar-refractivity contribution in [3.05, 3.63) is 54.3 Å². The summed E-state index contributed by atoms with van der Waals surface area (Å²) < 4.78 is 0. The molecule has 0 atom stereocenters. The Kier molecular flexibility index (Phi) is 3.32. The second-order valence-electron chi connectivity index (χ2n) is 2.78. The van der Waals surface area contributed by atoms with Gasteiger partial charge in [0.15, 0.2) is 0 Å². The fourth-order valence-corrected chi connectivity index (χ4v) is 1.21. The Hall–Kier alpha value is -1.50. The average Bonchev–Trinajstić information content (AvgIpc) is 2.20. The van der Waals surface area contributed by atoms with E-state index in [-0.39, 0.29) is 0 Å². The predicted octanol–water partition coefficient (Wildman–Crippen LogP) is 3.55. The van der Waals surface area contributed by atoms with Crippen molar-refractivity contribution in [2.24, 2.45) is 0 Å². The van der Waals surface area contributed by atoms with E-state index in [0.717, 1.165) is 11.1 Å². The van der Waals surface area contributed by atoms with Crippen molar-refractivity contribution in [2.75, 3.05) is 0 Å². The maximum absolute atomic E-state index is 9.58. The first-order chi connectivity index (χ1) is 6.29. The number of aliphatic hydroxyl groups excluding tert-OH is 1. The van der Waals surface area contributed by atoms with Crippen molar-refractivity contribution in [1.29, 1.82) is 0 Å². The molecule has 1 rings (SSSR count). The second kappa shape index (κ2) is 4.51. The Bertz CT molecular complexity index is 309. The van der Waals surface area contributed by atoms with Crippen LogP contribution in [0.2, 0.25) is 0 Å². The highest BCUT2D eigenvalue weighted by molar-refractivity contribution is 5.74. The summed E-state index contributed by atoms with van der Waals surface area (Å²) in [5.74, 6) is 0.390. The van der Waals surface area contributed by atoms with Gasteiger partial charge in [-0.1, -0.05) is 49.9 Å². The van der Waals surface area contributed by atoms with Gasteiger partial charge in [0.05, 0.1) is 5.76 Å². The van der Waals surface area contributed by atoms with Crippen LogP contribution in [0.1, 0.15) is 18.9 Å². The third-order valence-electron chi connectivity index (χ3n) is 1.93. The summed E-state index contributed by atoms with van der Waals surface area (Å²) in [6, 6.07) is 9.77. The van der Waals surface area contributed by atoms with Crippen LogP contribution in [0.3, 0.4) is 0 Å². The third-order valence-corrected chi connectivity index (χ3v) is 1.93. The quantitative estimate of drug-likeness (QED) is 0.548. The summed E-state index contributed by atoms with van der Waals surface area (Å²) in [4.78, 5) is 0. The van der Waals surface area contributed by atoms with Gasteiger partial charge < -0.3 is 5.11 Å². The molecule has 0 saturated heterocycles. The lowest BCUT2D eigenvalue weighted by atomic mass is 10.0. The molecule has 1 N–H and O–H groups in total. The van der Waals surface area contributed by atoms with Crippen molar-refractivity contribution in [1.82, 2.24) is 0 Å². The van der Waals surface area contributed by atoms with Gasteiger partial charge in [0.1, 0.15) is 0 Å². The van der Waals surface area contributed by atoms with E-state index in [1.54, 1.807) is 6.08 Å². The van der Waals surface area contributed by atoms with Crippen LogP contribution in [0.4, 0.5) is 0 Å². The first-order valence-electron chi connectivity index (χ1n) is 4.39. The van der Waals surface area contributed by atoms with Gasteiger partial charge in [-0.25, -0.2) is 0 Å². The summed E-state index contributed by atoms with van der Waals surface area (Å²) in [6.07, 6.45) is 2.32.